The van der Waals surface area contributed by atoms with E-state index in [1.165, 1.54) is 16.4 Å². The molecule has 1 amide bonds. The summed E-state index contributed by atoms with van der Waals surface area (Å²) in [5.41, 5.74) is 2.99. The Morgan fingerprint density at radius 3 is 2.30 bits per heavy atom. The fraction of sp³-hybridized carbons (Fsp3) is 0.321. The number of carbonyl (C=O) groups excluding carboxylic acids is 1. The lowest BCUT2D eigenvalue weighted by molar-refractivity contribution is -0.131. The normalized spacial score (nSPS) is 14.2. The van der Waals surface area contributed by atoms with Crippen molar-refractivity contribution >= 4 is 33.2 Å². The summed E-state index contributed by atoms with van der Waals surface area (Å²) in [4.78, 5) is 17.4. The van der Waals surface area contributed by atoms with Crippen LogP contribution >= 0.6 is 11.6 Å². The third-order valence-corrected chi connectivity index (χ3v) is 8.47. The largest absolute Gasteiger partial charge is 0.494 e. The third kappa shape index (κ3) is 6.63. The molecule has 0 bridgehead atoms. The van der Waals surface area contributed by atoms with Crippen molar-refractivity contribution in [1.82, 2.24) is 9.21 Å². The van der Waals surface area contributed by atoms with E-state index in [2.05, 4.69) is 4.90 Å². The fourth-order valence-corrected chi connectivity index (χ4v) is 5.95. The van der Waals surface area contributed by atoms with E-state index in [4.69, 9.17) is 16.3 Å². The second kappa shape index (κ2) is 12.0. The highest BCUT2D eigenvalue weighted by molar-refractivity contribution is 7.89. The molecule has 0 radical (unpaired) electrons. The van der Waals surface area contributed by atoms with E-state index in [9.17, 15) is 13.2 Å². The van der Waals surface area contributed by atoms with Crippen LogP contribution < -0.4 is 9.64 Å². The summed E-state index contributed by atoms with van der Waals surface area (Å²) in [7, 11) is -3.92. The van der Waals surface area contributed by atoms with Crippen LogP contribution in [0.25, 0.3) is 0 Å². The molecule has 3 aromatic rings. The minimum Gasteiger partial charge on any atom is -0.494 e. The molecule has 9 heteroatoms. The van der Waals surface area contributed by atoms with E-state index < -0.39 is 10.0 Å². The summed E-state index contributed by atoms with van der Waals surface area (Å²) in [6, 6.07) is 21.4. The molecule has 0 spiro atoms. The van der Waals surface area contributed by atoms with Crippen LogP contribution in [0, 0.1) is 6.92 Å². The van der Waals surface area contributed by atoms with Crippen LogP contribution in [-0.2, 0) is 21.4 Å². The number of halogens is 1. The predicted octanol–water partition coefficient (Wildman–Crippen LogP) is 4.59. The van der Waals surface area contributed by atoms with Gasteiger partial charge in [0.1, 0.15) is 5.75 Å². The third-order valence-electron chi connectivity index (χ3n) is 6.43. The first kappa shape index (κ1) is 27.0. The number of piperazine rings is 1. The van der Waals surface area contributed by atoms with Crippen LogP contribution in [0.5, 0.6) is 5.75 Å². The number of hydrogen-bond acceptors (Lipinski definition) is 5. The summed E-state index contributed by atoms with van der Waals surface area (Å²) in [6.07, 6.45) is 0. The average molecular weight is 542 g/mol. The van der Waals surface area contributed by atoms with Crippen molar-refractivity contribution in [2.24, 2.45) is 0 Å². The Morgan fingerprint density at radius 2 is 1.65 bits per heavy atom. The van der Waals surface area contributed by atoms with Crippen molar-refractivity contribution in [3.8, 4) is 5.75 Å². The first-order chi connectivity index (χ1) is 17.8. The molecule has 7 nitrogen and oxygen atoms in total. The van der Waals surface area contributed by atoms with Crippen molar-refractivity contribution in [1.29, 1.82) is 0 Å². The standard InChI is InChI=1S/C28H32ClN3O4S/c1-3-36-25-11-13-26(14-12-25)37(34,35)32(20-23-7-5-4-6-8-23)21-28(33)31-17-15-30(16-18-31)27-19-24(29)10-9-22(27)2/h4-14,19H,3,15-18,20-21H2,1-2H3. The Morgan fingerprint density at radius 1 is 0.973 bits per heavy atom. The molecule has 1 saturated heterocycles. The van der Waals surface area contributed by atoms with Gasteiger partial charge in [0.05, 0.1) is 18.0 Å². The Bertz CT molecular complexity index is 1310. The van der Waals surface area contributed by atoms with Gasteiger partial charge in [-0.15, -0.1) is 0 Å². The van der Waals surface area contributed by atoms with E-state index in [0.29, 0.717) is 43.6 Å². The predicted molar refractivity (Wildman–Crippen MR) is 147 cm³/mol. The fourth-order valence-electron chi connectivity index (χ4n) is 4.41. The summed E-state index contributed by atoms with van der Waals surface area (Å²) < 4.78 is 34.0. The van der Waals surface area contributed by atoms with Crippen molar-refractivity contribution in [2.75, 3.05) is 44.2 Å². The highest BCUT2D eigenvalue weighted by Crippen LogP contribution is 2.26. The molecule has 196 valence electrons. The van der Waals surface area contributed by atoms with Crippen LogP contribution in [0.2, 0.25) is 5.02 Å². The number of amides is 1. The molecule has 37 heavy (non-hydrogen) atoms. The van der Waals surface area contributed by atoms with Gasteiger partial charge in [-0.1, -0.05) is 48.0 Å². The summed E-state index contributed by atoms with van der Waals surface area (Å²) in [6.45, 7) is 6.58. The zero-order chi connectivity index (χ0) is 26.4. The quantitative estimate of drug-likeness (QED) is 0.396. The smallest absolute Gasteiger partial charge is 0.243 e. The number of benzene rings is 3. The maximum absolute atomic E-state index is 13.6. The molecule has 1 aliphatic rings. The van der Waals surface area contributed by atoms with Gasteiger partial charge in [0, 0.05) is 43.4 Å². The minimum absolute atomic E-state index is 0.101. The van der Waals surface area contributed by atoms with Gasteiger partial charge in [-0.3, -0.25) is 4.79 Å². The molecule has 0 aromatic heterocycles. The van der Waals surface area contributed by atoms with Crippen LogP contribution in [0.4, 0.5) is 5.69 Å². The van der Waals surface area contributed by atoms with Gasteiger partial charge in [0.15, 0.2) is 0 Å². The molecule has 3 aromatic carbocycles. The molecule has 0 unspecified atom stereocenters. The first-order valence-corrected chi connectivity index (χ1v) is 14.2. The summed E-state index contributed by atoms with van der Waals surface area (Å²) in [5, 5.41) is 0.676. The average Bonchev–Trinajstić information content (AvgIpc) is 2.91. The Hall–Kier alpha value is -3.07. The lowest BCUT2D eigenvalue weighted by Gasteiger charge is -2.37. The van der Waals surface area contributed by atoms with Crippen molar-refractivity contribution in [2.45, 2.75) is 25.3 Å². The van der Waals surface area contributed by atoms with Crippen LogP contribution in [-0.4, -0.2) is 62.9 Å². The lowest BCUT2D eigenvalue weighted by atomic mass is 10.1. The maximum atomic E-state index is 13.6. The zero-order valence-corrected chi connectivity index (χ0v) is 22.7. The molecule has 1 fully saturated rings. The lowest BCUT2D eigenvalue weighted by Crippen LogP contribution is -2.51. The molecule has 0 atom stereocenters. The number of ether oxygens (including phenoxy) is 1. The molecule has 1 aliphatic heterocycles. The van der Waals surface area contributed by atoms with Gasteiger partial charge in [-0.2, -0.15) is 4.31 Å². The Balaban J connectivity index is 1.49. The second-order valence-electron chi connectivity index (χ2n) is 8.96. The number of sulfonamides is 1. The van der Waals surface area contributed by atoms with E-state index in [0.717, 1.165) is 16.8 Å². The van der Waals surface area contributed by atoms with Gasteiger partial charge in [0.25, 0.3) is 0 Å². The molecule has 0 aliphatic carbocycles. The highest BCUT2D eigenvalue weighted by atomic mass is 35.5. The Labute approximate surface area is 224 Å². The monoisotopic (exact) mass is 541 g/mol. The van der Waals surface area contributed by atoms with Crippen molar-refractivity contribution in [3.63, 3.8) is 0 Å². The zero-order valence-electron chi connectivity index (χ0n) is 21.1. The van der Waals surface area contributed by atoms with Crippen LogP contribution in [0.15, 0.2) is 77.7 Å². The van der Waals surface area contributed by atoms with Gasteiger partial charge in [-0.25, -0.2) is 8.42 Å². The number of carbonyl (C=O) groups is 1. The van der Waals surface area contributed by atoms with Crippen LogP contribution in [0.3, 0.4) is 0 Å². The number of anilines is 1. The van der Waals surface area contributed by atoms with Crippen molar-refractivity contribution in [3.05, 3.63) is 88.9 Å². The van der Waals surface area contributed by atoms with E-state index >= 15 is 0 Å². The molecular formula is C28H32ClN3O4S. The van der Waals surface area contributed by atoms with Gasteiger partial charge < -0.3 is 14.5 Å². The minimum atomic E-state index is -3.92. The molecular weight excluding hydrogens is 510 g/mol. The van der Waals surface area contributed by atoms with E-state index in [1.807, 2.05) is 62.4 Å². The molecule has 0 saturated carbocycles. The maximum Gasteiger partial charge on any atom is 0.243 e. The molecule has 0 N–H and O–H groups in total. The first-order valence-electron chi connectivity index (χ1n) is 12.3. The van der Waals surface area contributed by atoms with Gasteiger partial charge in [0.2, 0.25) is 15.9 Å². The van der Waals surface area contributed by atoms with Gasteiger partial charge in [-0.05, 0) is 61.4 Å². The van der Waals surface area contributed by atoms with E-state index in [-0.39, 0.29) is 23.9 Å². The second-order valence-corrected chi connectivity index (χ2v) is 11.3. The number of rotatable bonds is 9. The summed E-state index contributed by atoms with van der Waals surface area (Å²) >= 11 is 6.20. The van der Waals surface area contributed by atoms with E-state index in [1.54, 1.807) is 17.0 Å². The highest BCUT2D eigenvalue weighted by Gasteiger charge is 2.30. The molecule has 4 rings (SSSR count). The number of nitrogens with zero attached hydrogens (tertiary/aromatic N) is 3. The SMILES string of the molecule is CCOc1ccc(S(=O)(=O)N(CC(=O)N2CCN(c3cc(Cl)ccc3C)CC2)Cc2ccccc2)cc1. The van der Waals surface area contributed by atoms with Crippen LogP contribution in [0.1, 0.15) is 18.1 Å². The van der Waals surface area contributed by atoms with Crippen molar-refractivity contribution < 1.29 is 17.9 Å². The topological polar surface area (TPSA) is 70.2 Å². The molecule has 1 heterocycles. The number of hydrogen-bond donors (Lipinski definition) is 0. The Kier molecular flexibility index (Phi) is 8.74. The summed E-state index contributed by atoms with van der Waals surface area (Å²) in [5.74, 6) is 0.382. The number of aryl methyl sites for hydroxylation is 1. The van der Waals surface area contributed by atoms with Gasteiger partial charge >= 0.3 is 0 Å².